The number of pyridine rings is 1. The number of anilines is 1. The average Bonchev–Trinajstić information content (AvgIpc) is 2.70. The standard InChI is InChI=1S/C22H22ClN3O3S/c1-15-10-16(2)20(21(23)11-15)14-30(28,29)19-7-5-18(6-8-19)26-22(27)25-13-17-4-3-9-24-12-17/h3-12H,13-14H2,1-2H3,(H2,25,26,27). The summed E-state index contributed by atoms with van der Waals surface area (Å²) in [6, 6.07) is 13.0. The second kappa shape index (κ2) is 9.28. The molecule has 0 atom stereocenters. The molecule has 1 heterocycles. The van der Waals surface area contributed by atoms with E-state index in [1.165, 1.54) is 12.1 Å². The van der Waals surface area contributed by atoms with Crippen LogP contribution in [0, 0.1) is 13.8 Å². The fourth-order valence-electron chi connectivity index (χ4n) is 3.01. The topological polar surface area (TPSA) is 88.2 Å². The maximum Gasteiger partial charge on any atom is 0.319 e. The first-order valence-corrected chi connectivity index (χ1v) is 11.3. The molecule has 0 aliphatic rings. The smallest absolute Gasteiger partial charge is 0.319 e. The molecule has 0 aliphatic heterocycles. The molecule has 6 nitrogen and oxygen atoms in total. The summed E-state index contributed by atoms with van der Waals surface area (Å²) >= 11 is 6.26. The molecule has 30 heavy (non-hydrogen) atoms. The van der Waals surface area contributed by atoms with Gasteiger partial charge in [0.25, 0.3) is 0 Å². The number of aromatic nitrogens is 1. The molecule has 0 unspecified atom stereocenters. The summed E-state index contributed by atoms with van der Waals surface area (Å²) in [5, 5.41) is 5.84. The number of aryl methyl sites for hydroxylation is 2. The summed E-state index contributed by atoms with van der Waals surface area (Å²) in [4.78, 5) is 16.2. The molecule has 0 fully saturated rings. The van der Waals surface area contributed by atoms with Crippen molar-refractivity contribution in [3.8, 4) is 0 Å². The zero-order chi connectivity index (χ0) is 21.7. The zero-order valence-corrected chi connectivity index (χ0v) is 18.2. The van der Waals surface area contributed by atoms with Crippen LogP contribution in [-0.4, -0.2) is 19.4 Å². The molecule has 1 aromatic heterocycles. The normalized spacial score (nSPS) is 11.2. The van der Waals surface area contributed by atoms with E-state index in [4.69, 9.17) is 11.6 Å². The van der Waals surface area contributed by atoms with E-state index in [2.05, 4.69) is 15.6 Å². The molecule has 0 spiro atoms. The van der Waals surface area contributed by atoms with Gasteiger partial charge >= 0.3 is 6.03 Å². The molecule has 0 radical (unpaired) electrons. The Labute approximate surface area is 181 Å². The van der Waals surface area contributed by atoms with Crippen LogP contribution in [0.4, 0.5) is 10.5 Å². The predicted molar refractivity (Wildman–Crippen MR) is 118 cm³/mol. The monoisotopic (exact) mass is 443 g/mol. The quantitative estimate of drug-likeness (QED) is 0.580. The Hall–Kier alpha value is -2.90. The molecule has 8 heteroatoms. The van der Waals surface area contributed by atoms with Gasteiger partial charge in [0, 0.05) is 29.6 Å². The Morgan fingerprint density at radius 3 is 2.47 bits per heavy atom. The van der Waals surface area contributed by atoms with Crippen LogP contribution in [0.1, 0.15) is 22.3 Å². The van der Waals surface area contributed by atoms with Crippen LogP contribution in [0.3, 0.4) is 0 Å². The fraction of sp³-hybridized carbons (Fsp3) is 0.182. The van der Waals surface area contributed by atoms with E-state index in [1.807, 2.05) is 26.0 Å². The molecule has 3 rings (SSSR count). The van der Waals surface area contributed by atoms with Crippen LogP contribution in [-0.2, 0) is 22.1 Å². The molecular weight excluding hydrogens is 422 g/mol. The van der Waals surface area contributed by atoms with Crippen LogP contribution < -0.4 is 10.6 Å². The largest absolute Gasteiger partial charge is 0.334 e. The van der Waals surface area contributed by atoms with Gasteiger partial charge in [-0.1, -0.05) is 23.7 Å². The van der Waals surface area contributed by atoms with Gasteiger partial charge in [-0.2, -0.15) is 0 Å². The number of carbonyl (C=O) groups is 1. The van der Waals surface area contributed by atoms with E-state index in [0.29, 0.717) is 22.8 Å². The number of sulfone groups is 1. The van der Waals surface area contributed by atoms with Crippen molar-refractivity contribution < 1.29 is 13.2 Å². The van der Waals surface area contributed by atoms with E-state index in [-0.39, 0.29) is 10.6 Å². The summed E-state index contributed by atoms with van der Waals surface area (Å²) in [6.45, 7) is 4.10. The Bertz CT molecular complexity index is 1130. The zero-order valence-electron chi connectivity index (χ0n) is 16.6. The molecule has 0 aliphatic carbocycles. The number of halogens is 1. The van der Waals surface area contributed by atoms with Crippen molar-refractivity contribution in [1.82, 2.24) is 10.3 Å². The summed E-state index contributed by atoms with van der Waals surface area (Å²) in [6.07, 6.45) is 3.33. The number of hydrogen-bond acceptors (Lipinski definition) is 4. The number of amides is 2. The van der Waals surface area contributed by atoms with Crippen molar-refractivity contribution >= 4 is 33.2 Å². The van der Waals surface area contributed by atoms with Crippen molar-refractivity contribution in [2.24, 2.45) is 0 Å². The van der Waals surface area contributed by atoms with Gasteiger partial charge in [0.2, 0.25) is 0 Å². The summed E-state index contributed by atoms with van der Waals surface area (Å²) in [7, 11) is -3.58. The van der Waals surface area contributed by atoms with Gasteiger partial charge in [-0.15, -0.1) is 0 Å². The van der Waals surface area contributed by atoms with Gasteiger partial charge in [0.15, 0.2) is 9.84 Å². The highest BCUT2D eigenvalue weighted by molar-refractivity contribution is 7.90. The number of rotatable bonds is 6. The maximum absolute atomic E-state index is 12.8. The number of nitrogens with one attached hydrogen (secondary N) is 2. The summed E-state index contributed by atoms with van der Waals surface area (Å²) in [5.41, 5.74) is 3.78. The van der Waals surface area contributed by atoms with Crippen LogP contribution in [0.2, 0.25) is 5.02 Å². The number of hydrogen-bond donors (Lipinski definition) is 2. The first-order chi connectivity index (χ1) is 14.2. The molecule has 0 bridgehead atoms. The molecule has 0 saturated carbocycles. The minimum atomic E-state index is -3.58. The number of urea groups is 1. The van der Waals surface area contributed by atoms with Crippen LogP contribution in [0.15, 0.2) is 65.8 Å². The second-order valence-corrected chi connectivity index (χ2v) is 9.39. The first-order valence-electron chi connectivity index (χ1n) is 9.27. The fourth-order valence-corrected chi connectivity index (χ4v) is 4.96. The Kier molecular flexibility index (Phi) is 6.74. The van der Waals surface area contributed by atoms with E-state index in [1.54, 1.807) is 36.7 Å². The highest BCUT2D eigenvalue weighted by Gasteiger charge is 2.19. The van der Waals surface area contributed by atoms with E-state index in [0.717, 1.165) is 16.7 Å². The van der Waals surface area contributed by atoms with Gasteiger partial charge in [-0.05, 0) is 72.5 Å². The van der Waals surface area contributed by atoms with Crippen LogP contribution >= 0.6 is 11.6 Å². The lowest BCUT2D eigenvalue weighted by Crippen LogP contribution is -2.28. The van der Waals surface area contributed by atoms with Crippen molar-refractivity contribution in [3.63, 3.8) is 0 Å². The predicted octanol–water partition coefficient (Wildman–Crippen LogP) is 4.65. The molecular formula is C22H22ClN3O3S. The lowest BCUT2D eigenvalue weighted by atomic mass is 10.1. The molecule has 3 aromatic rings. The molecule has 2 N–H and O–H groups in total. The van der Waals surface area contributed by atoms with Gasteiger partial charge in [-0.25, -0.2) is 13.2 Å². The third-order valence-electron chi connectivity index (χ3n) is 4.54. The summed E-state index contributed by atoms with van der Waals surface area (Å²) in [5.74, 6) is -0.184. The van der Waals surface area contributed by atoms with Gasteiger partial charge in [0.05, 0.1) is 10.6 Å². The van der Waals surface area contributed by atoms with Crippen molar-refractivity contribution in [2.75, 3.05) is 5.32 Å². The van der Waals surface area contributed by atoms with Crippen molar-refractivity contribution in [1.29, 1.82) is 0 Å². The average molecular weight is 444 g/mol. The second-order valence-electron chi connectivity index (χ2n) is 6.99. The Morgan fingerprint density at radius 2 is 1.83 bits per heavy atom. The van der Waals surface area contributed by atoms with Crippen LogP contribution in [0.25, 0.3) is 0 Å². The highest BCUT2D eigenvalue weighted by Crippen LogP contribution is 2.27. The number of nitrogens with zero attached hydrogens (tertiary/aromatic N) is 1. The van der Waals surface area contributed by atoms with E-state index < -0.39 is 15.9 Å². The molecule has 2 amide bonds. The minimum Gasteiger partial charge on any atom is -0.334 e. The van der Waals surface area contributed by atoms with Crippen molar-refractivity contribution in [3.05, 3.63) is 88.2 Å². The molecule has 156 valence electrons. The van der Waals surface area contributed by atoms with E-state index >= 15 is 0 Å². The Balaban J connectivity index is 1.65. The number of benzene rings is 2. The first kappa shape index (κ1) is 21.8. The molecule has 0 saturated heterocycles. The van der Waals surface area contributed by atoms with Gasteiger partial charge in [0.1, 0.15) is 0 Å². The maximum atomic E-state index is 12.8. The SMILES string of the molecule is Cc1cc(C)c(CS(=O)(=O)c2ccc(NC(=O)NCc3cccnc3)cc2)c(Cl)c1. The van der Waals surface area contributed by atoms with Crippen molar-refractivity contribution in [2.45, 2.75) is 31.0 Å². The van der Waals surface area contributed by atoms with E-state index in [9.17, 15) is 13.2 Å². The minimum absolute atomic E-state index is 0.167. The third-order valence-corrected chi connectivity index (χ3v) is 6.54. The Morgan fingerprint density at radius 1 is 1.10 bits per heavy atom. The summed E-state index contributed by atoms with van der Waals surface area (Å²) < 4.78 is 25.6. The lowest BCUT2D eigenvalue weighted by Gasteiger charge is -2.12. The third kappa shape index (κ3) is 5.58. The highest BCUT2D eigenvalue weighted by atomic mass is 35.5. The molecule has 2 aromatic carbocycles. The number of carbonyl (C=O) groups excluding carboxylic acids is 1. The lowest BCUT2D eigenvalue weighted by molar-refractivity contribution is 0.251. The van der Waals surface area contributed by atoms with Crippen LogP contribution in [0.5, 0.6) is 0 Å². The van der Waals surface area contributed by atoms with Gasteiger partial charge < -0.3 is 10.6 Å². The van der Waals surface area contributed by atoms with Gasteiger partial charge in [-0.3, -0.25) is 4.98 Å².